The van der Waals surface area contributed by atoms with Crippen LogP contribution in [0.1, 0.15) is 49.2 Å². The van der Waals surface area contributed by atoms with Crippen molar-refractivity contribution in [3.05, 3.63) is 59.9 Å². The van der Waals surface area contributed by atoms with Gasteiger partial charge < -0.3 is 9.80 Å². The second-order valence-electron chi connectivity index (χ2n) is 6.38. The van der Waals surface area contributed by atoms with Gasteiger partial charge in [-0.15, -0.1) is 0 Å². The molecule has 25 heavy (non-hydrogen) atoms. The Morgan fingerprint density at radius 2 is 2.00 bits per heavy atom. The third-order valence-electron chi connectivity index (χ3n) is 4.81. The third-order valence-corrected chi connectivity index (χ3v) is 4.81. The minimum Gasteiger partial charge on any atom is -0.336 e. The van der Waals surface area contributed by atoms with Crippen LogP contribution < -0.4 is 4.90 Å². The first-order valence-electron chi connectivity index (χ1n) is 8.64. The number of pyridine rings is 1. The van der Waals surface area contributed by atoms with Crippen molar-refractivity contribution in [3.8, 4) is 0 Å². The van der Waals surface area contributed by atoms with E-state index >= 15 is 0 Å². The second-order valence-corrected chi connectivity index (χ2v) is 6.38. The largest absolute Gasteiger partial charge is 0.336 e. The summed E-state index contributed by atoms with van der Waals surface area (Å²) in [6.07, 6.45) is 3.97. The summed E-state index contributed by atoms with van der Waals surface area (Å²) in [5.41, 5.74) is 2.47. The molecule has 2 amide bonds. The van der Waals surface area contributed by atoms with Crippen LogP contribution in [0.15, 0.2) is 48.8 Å². The molecule has 0 bridgehead atoms. The summed E-state index contributed by atoms with van der Waals surface area (Å²) in [5, 5.41) is 0. The Morgan fingerprint density at radius 1 is 1.24 bits per heavy atom. The minimum atomic E-state index is -0.0580. The average Bonchev–Trinajstić information content (AvgIpc) is 2.62. The maximum atomic E-state index is 13.1. The molecule has 5 nitrogen and oxygen atoms in total. The van der Waals surface area contributed by atoms with Crippen molar-refractivity contribution < 1.29 is 9.59 Å². The molecule has 0 N–H and O–H groups in total. The van der Waals surface area contributed by atoms with E-state index in [1.165, 1.54) is 0 Å². The quantitative estimate of drug-likeness (QED) is 0.862. The predicted octanol–water partition coefficient (Wildman–Crippen LogP) is 3.43. The van der Waals surface area contributed by atoms with Gasteiger partial charge in [0.1, 0.15) is 0 Å². The normalized spacial score (nSPS) is 19.2. The summed E-state index contributed by atoms with van der Waals surface area (Å²) in [6, 6.07) is 11.4. The molecule has 130 valence electrons. The van der Waals surface area contributed by atoms with Crippen LogP contribution >= 0.6 is 0 Å². The fraction of sp³-hybridized carbons (Fsp3) is 0.350. The zero-order valence-electron chi connectivity index (χ0n) is 14.8. The Bertz CT molecular complexity index is 776. The molecule has 0 fully saturated rings. The molecule has 0 spiro atoms. The number of carbonyl (C=O) groups is 2. The van der Waals surface area contributed by atoms with E-state index in [4.69, 9.17) is 0 Å². The lowest BCUT2D eigenvalue weighted by molar-refractivity contribution is -0.131. The van der Waals surface area contributed by atoms with E-state index in [1.807, 2.05) is 47.9 Å². The Kier molecular flexibility index (Phi) is 4.83. The Balaban J connectivity index is 2.04. The molecule has 0 saturated heterocycles. The van der Waals surface area contributed by atoms with Crippen molar-refractivity contribution in [1.29, 1.82) is 0 Å². The minimum absolute atomic E-state index is 0.00773. The van der Waals surface area contributed by atoms with E-state index in [1.54, 1.807) is 31.5 Å². The fourth-order valence-electron chi connectivity index (χ4n) is 3.68. The molecule has 2 atom stereocenters. The molecule has 2 heterocycles. The van der Waals surface area contributed by atoms with Crippen LogP contribution in [0.25, 0.3) is 0 Å². The van der Waals surface area contributed by atoms with Gasteiger partial charge in [-0.05, 0) is 44.0 Å². The maximum Gasteiger partial charge on any atom is 0.260 e. The van der Waals surface area contributed by atoms with E-state index in [0.717, 1.165) is 17.7 Å². The summed E-state index contributed by atoms with van der Waals surface area (Å²) >= 11 is 0. The van der Waals surface area contributed by atoms with Gasteiger partial charge in [0, 0.05) is 37.6 Å². The van der Waals surface area contributed by atoms with E-state index in [2.05, 4.69) is 4.98 Å². The first kappa shape index (κ1) is 17.1. The SMILES string of the molecule is CCN(C(C)=O)[C@H]1C[C@@H](C)N(C(=O)c2cccnc2)c2ccccc21. The molecule has 0 aliphatic carbocycles. The molecule has 1 aromatic carbocycles. The smallest absolute Gasteiger partial charge is 0.260 e. The number of hydrogen-bond acceptors (Lipinski definition) is 3. The molecule has 3 rings (SSSR count). The predicted molar refractivity (Wildman–Crippen MR) is 97.4 cm³/mol. The van der Waals surface area contributed by atoms with Gasteiger partial charge in [0.15, 0.2) is 0 Å². The van der Waals surface area contributed by atoms with Gasteiger partial charge in [-0.1, -0.05) is 18.2 Å². The van der Waals surface area contributed by atoms with Crippen molar-refractivity contribution >= 4 is 17.5 Å². The molecule has 0 saturated carbocycles. The first-order chi connectivity index (χ1) is 12.0. The van der Waals surface area contributed by atoms with E-state index < -0.39 is 0 Å². The summed E-state index contributed by atoms with van der Waals surface area (Å²) < 4.78 is 0. The topological polar surface area (TPSA) is 53.5 Å². The van der Waals surface area contributed by atoms with E-state index in [-0.39, 0.29) is 23.9 Å². The maximum absolute atomic E-state index is 13.1. The van der Waals surface area contributed by atoms with Crippen LogP contribution in [0, 0.1) is 0 Å². The number of para-hydroxylation sites is 1. The molecule has 1 aliphatic rings. The van der Waals surface area contributed by atoms with Crippen molar-refractivity contribution in [2.45, 2.75) is 39.3 Å². The zero-order valence-corrected chi connectivity index (χ0v) is 14.8. The van der Waals surface area contributed by atoms with Gasteiger partial charge in [-0.2, -0.15) is 0 Å². The van der Waals surface area contributed by atoms with Crippen LogP contribution in [-0.2, 0) is 4.79 Å². The number of amides is 2. The average molecular weight is 337 g/mol. The fourth-order valence-corrected chi connectivity index (χ4v) is 3.68. The molecule has 0 unspecified atom stereocenters. The Labute approximate surface area is 148 Å². The molecule has 2 aromatic rings. The standard InChI is InChI=1S/C20H23N3O2/c1-4-22(15(3)24)19-12-14(2)23(18-10-6-5-9-17(18)19)20(25)16-8-7-11-21-13-16/h5-11,13-14,19H,4,12H2,1-3H3/t14-,19+/m1/s1. The van der Waals surface area contributed by atoms with Crippen molar-refractivity contribution in [2.75, 3.05) is 11.4 Å². The second kappa shape index (κ2) is 7.05. The first-order valence-corrected chi connectivity index (χ1v) is 8.64. The monoisotopic (exact) mass is 337 g/mol. The van der Waals surface area contributed by atoms with Crippen LogP contribution in [0.5, 0.6) is 0 Å². The van der Waals surface area contributed by atoms with Crippen molar-refractivity contribution in [3.63, 3.8) is 0 Å². The summed E-state index contributed by atoms with van der Waals surface area (Å²) in [6.45, 7) is 6.27. The highest BCUT2D eigenvalue weighted by atomic mass is 16.2. The van der Waals surface area contributed by atoms with Gasteiger partial charge in [-0.3, -0.25) is 14.6 Å². The van der Waals surface area contributed by atoms with Crippen LogP contribution in [0.2, 0.25) is 0 Å². The number of aromatic nitrogens is 1. The highest BCUT2D eigenvalue weighted by molar-refractivity contribution is 6.07. The number of anilines is 1. The summed E-state index contributed by atoms with van der Waals surface area (Å²) in [4.78, 5) is 32.9. The number of nitrogens with zero attached hydrogens (tertiary/aromatic N) is 3. The number of fused-ring (bicyclic) bond motifs is 1. The lowest BCUT2D eigenvalue weighted by Gasteiger charge is -2.43. The van der Waals surface area contributed by atoms with Crippen LogP contribution in [-0.4, -0.2) is 34.3 Å². The van der Waals surface area contributed by atoms with E-state index in [9.17, 15) is 9.59 Å². The number of benzene rings is 1. The van der Waals surface area contributed by atoms with Gasteiger partial charge in [0.05, 0.1) is 11.6 Å². The highest BCUT2D eigenvalue weighted by Gasteiger charge is 2.36. The molecular weight excluding hydrogens is 314 g/mol. The van der Waals surface area contributed by atoms with Crippen molar-refractivity contribution in [2.24, 2.45) is 0 Å². The highest BCUT2D eigenvalue weighted by Crippen LogP contribution is 2.40. The summed E-state index contributed by atoms with van der Waals surface area (Å²) in [7, 11) is 0. The van der Waals surface area contributed by atoms with E-state index in [0.29, 0.717) is 12.1 Å². The third kappa shape index (κ3) is 3.14. The summed E-state index contributed by atoms with van der Waals surface area (Å²) in [5.74, 6) is -0.00101. The van der Waals surface area contributed by atoms with Crippen LogP contribution in [0.3, 0.4) is 0 Å². The van der Waals surface area contributed by atoms with Crippen LogP contribution in [0.4, 0.5) is 5.69 Å². The number of hydrogen-bond donors (Lipinski definition) is 0. The lowest BCUT2D eigenvalue weighted by atomic mass is 9.90. The molecule has 1 aliphatic heterocycles. The Hall–Kier alpha value is -2.69. The van der Waals surface area contributed by atoms with Crippen molar-refractivity contribution in [1.82, 2.24) is 9.88 Å². The van der Waals surface area contributed by atoms with Gasteiger partial charge >= 0.3 is 0 Å². The molecule has 1 aromatic heterocycles. The lowest BCUT2D eigenvalue weighted by Crippen LogP contribution is -2.47. The zero-order chi connectivity index (χ0) is 18.0. The number of rotatable bonds is 3. The Morgan fingerprint density at radius 3 is 2.64 bits per heavy atom. The molecule has 5 heteroatoms. The van der Waals surface area contributed by atoms with Gasteiger partial charge in [-0.25, -0.2) is 0 Å². The molecular formula is C20H23N3O2. The van der Waals surface area contributed by atoms with Gasteiger partial charge in [0.2, 0.25) is 5.91 Å². The molecule has 0 radical (unpaired) electrons. The van der Waals surface area contributed by atoms with Gasteiger partial charge in [0.25, 0.3) is 5.91 Å². The number of carbonyl (C=O) groups excluding carboxylic acids is 2.